The van der Waals surface area contributed by atoms with Crippen LogP contribution in [0, 0.1) is 5.92 Å². The number of nitrogens with one attached hydrogen (secondary N) is 1. The number of piperidine rings is 1. The summed E-state index contributed by atoms with van der Waals surface area (Å²) >= 11 is 2.07. The Labute approximate surface area is 128 Å². The van der Waals surface area contributed by atoms with E-state index in [1.165, 1.54) is 69.7 Å². The Hall–Kier alpha value is 0.230. The number of thioether (sulfide) groups is 1. The lowest BCUT2D eigenvalue weighted by Gasteiger charge is -2.38. The first kappa shape index (κ1) is 15.1. The van der Waals surface area contributed by atoms with E-state index in [-0.39, 0.29) is 5.60 Å². The van der Waals surface area contributed by atoms with Crippen LogP contribution in [0.5, 0.6) is 0 Å². The highest BCUT2D eigenvalue weighted by Crippen LogP contribution is 2.38. The first-order chi connectivity index (χ1) is 9.76. The van der Waals surface area contributed by atoms with Gasteiger partial charge in [-0.2, -0.15) is 11.8 Å². The van der Waals surface area contributed by atoms with Crippen LogP contribution < -0.4 is 5.32 Å². The van der Waals surface area contributed by atoms with Crippen LogP contribution >= 0.6 is 11.8 Å². The lowest BCUT2D eigenvalue weighted by molar-refractivity contribution is -0.0701. The summed E-state index contributed by atoms with van der Waals surface area (Å²) in [5.41, 5.74) is 0.230. The molecule has 3 nitrogen and oxygen atoms in total. The Morgan fingerprint density at radius 2 is 2.15 bits per heavy atom. The maximum absolute atomic E-state index is 6.10. The average molecular weight is 298 g/mol. The van der Waals surface area contributed by atoms with E-state index in [2.05, 4.69) is 29.0 Å². The fourth-order valence-corrected chi connectivity index (χ4v) is 5.29. The summed E-state index contributed by atoms with van der Waals surface area (Å²) in [5, 5.41) is 3.83. The van der Waals surface area contributed by atoms with Crippen LogP contribution in [0.1, 0.15) is 38.5 Å². The Kier molecular flexibility index (Phi) is 5.29. The average Bonchev–Trinajstić information content (AvgIpc) is 2.89. The molecule has 2 atom stereocenters. The SMILES string of the molecule is CN1CCC(CCNC2CCOC3(CCSC3)C2)CC1. The van der Waals surface area contributed by atoms with Gasteiger partial charge in [-0.3, -0.25) is 0 Å². The topological polar surface area (TPSA) is 24.5 Å². The van der Waals surface area contributed by atoms with Gasteiger partial charge in [-0.25, -0.2) is 0 Å². The molecule has 116 valence electrons. The van der Waals surface area contributed by atoms with Gasteiger partial charge in [0, 0.05) is 18.4 Å². The second-order valence-corrected chi connectivity index (χ2v) is 8.12. The van der Waals surface area contributed by atoms with Gasteiger partial charge in [0.1, 0.15) is 0 Å². The molecular weight excluding hydrogens is 268 g/mol. The Morgan fingerprint density at radius 1 is 1.30 bits per heavy atom. The number of hydrogen-bond acceptors (Lipinski definition) is 4. The van der Waals surface area contributed by atoms with Gasteiger partial charge in [0.25, 0.3) is 0 Å². The minimum Gasteiger partial charge on any atom is -0.374 e. The number of likely N-dealkylation sites (tertiary alicyclic amines) is 1. The van der Waals surface area contributed by atoms with Crippen molar-refractivity contribution < 1.29 is 4.74 Å². The summed E-state index contributed by atoms with van der Waals surface area (Å²) in [7, 11) is 2.25. The zero-order chi connectivity index (χ0) is 13.8. The van der Waals surface area contributed by atoms with Crippen molar-refractivity contribution in [1.29, 1.82) is 0 Å². The largest absolute Gasteiger partial charge is 0.374 e. The van der Waals surface area contributed by atoms with Crippen molar-refractivity contribution in [2.24, 2.45) is 5.92 Å². The van der Waals surface area contributed by atoms with Gasteiger partial charge in [0.05, 0.1) is 5.60 Å². The molecule has 0 aromatic heterocycles. The van der Waals surface area contributed by atoms with Crippen molar-refractivity contribution >= 4 is 11.8 Å². The van der Waals surface area contributed by atoms with Crippen molar-refractivity contribution in [2.45, 2.75) is 50.2 Å². The van der Waals surface area contributed by atoms with Crippen molar-refractivity contribution in [3.63, 3.8) is 0 Å². The number of ether oxygens (including phenoxy) is 1. The highest BCUT2D eigenvalue weighted by molar-refractivity contribution is 7.99. The molecule has 0 radical (unpaired) electrons. The first-order valence-electron chi connectivity index (χ1n) is 8.39. The van der Waals surface area contributed by atoms with Crippen LogP contribution in [0.25, 0.3) is 0 Å². The van der Waals surface area contributed by atoms with Gasteiger partial charge in [0.2, 0.25) is 0 Å². The molecule has 20 heavy (non-hydrogen) atoms. The van der Waals surface area contributed by atoms with Crippen molar-refractivity contribution in [3.8, 4) is 0 Å². The van der Waals surface area contributed by atoms with Crippen LogP contribution in [0.4, 0.5) is 0 Å². The highest BCUT2D eigenvalue weighted by atomic mass is 32.2. The second kappa shape index (κ2) is 6.99. The van der Waals surface area contributed by atoms with Crippen molar-refractivity contribution in [3.05, 3.63) is 0 Å². The van der Waals surface area contributed by atoms with Gasteiger partial charge < -0.3 is 15.0 Å². The fraction of sp³-hybridized carbons (Fsp3) is 1.00. The number of hydrogen-bond donors (Lipinski definition) is 1. The fourth-order valence-electron chi connectivity index (χ4n) is 3.91. The van der Waals surface area contributed by atoms with E-state index in [1.807, 2.05) is 0 Å². The van der Waals surface area contributed by atoms with Crippen LogP contribution in [0.15, 0.2) is 0 Å². The summed E-state index contributed by atoms with van der Waals surface area (Å²) in [6, 6.07) is 0.703. The smallest absolute Gasteiger partial charge is 0.0795 e. The van der Waals surface area contributed by atoms with E-state index in [9.17, 15) is 0 Å². The normalized spacial score (nSPS) is 36.8. The van der Waals surface area contributed by atoms with Crippen LogP contribution in [0.2, 0.25) is 0 Å². The Balaban J connectivity index is 1.36. The van der Waals surface area contributed by atoms with Gasteiger partial charge in [-0.1, -0.05) is 0 Å². The van der Waals surface area contributed by atoms with Gasteiger partial charge >= 0.3 is 0 Å². The van der Waals surface area contributed by atoms with Gasteiger partial charge in [-0.05, 0) is 76.9 Å². The van der Waals surface area contributed by atoms with Crippen LogP contribution in [-0.2, 0) is 4.74 Å². The third-order valence-electron chi connectivity index (χ3n) is 5.38. The summed E-state index contributed by atoms with van der Waals surface area (Å²) in [6.07, 6.45) is 7.88. The third kappa shape index (κ3) is 3.90. The molecule has 3 heterocycles. The Morgan fingerprint density at radius 3 is 2.90 bits per heavy atom. The summed E-state index contributed by atoms with van der Waals surface area (Å²) < 4.78 is 6.10. The zero-order valence-corrected chi connectivity index (χ0v) is 13.7. The van der Waals surface area contributed by atoms with Crippen LogP contribution in [0.3, 0.4) is 0 Å². The maximum atomic E-state index is 6.10. The zero-order valence-electron chi connectivity index (χ0n) is 12.9. The molecule has 3 rings (SSSR count). The summed E-state index contributed by atoms with van der Waals surface area (Å²) in [5.74, 6) is 3.47. The molecule has 1 N–H and O–H groups in total. The van der Waals surface area contributed by atoms with Crippen molar-refractivity contribution in [2.75, 3.05) is 44.8 Å². The van der Waals surface area contributed by atoms with E-state index in [1.54, 1.807) is 0 Å². The molecule has 3 saturated heterocycles. The van der Waals surface area contributed by atoms with Crippen molar-refractivity contribution in [1.82, 2.24) is 10.2 Å². The molecule has 0 aromatic rings. The lowest BCUT2D eigenvalue weighted by atomic mass is 9.89. The highest BCUT2D eigenvalue weighted by Gasteiger charge is 2.40. The predicted octanol–water partition coefficient (Wildman–Crippen LogP) is 2.36. The predicted molar refractivity (Wildman–Crippen MR) is 86.5 cm³/mol. The van der Waals surface area contributed by atoms with Crippen LogP contribution in [-0.4, -0.2) is 61.3 Å². The molecule has 0 aliphatic carbocycles. The van der Waals surface area contributed by atoms with E-state index >= 15 is 0 Å². The van der Waals surface area contributed by atoms with Gasteiger partial charge in [-0.15, -0.1) is 0 Å². The molecule has 1 spiro atoms. The summed E-state index contributed by atoms with van der Waals surface area (Å²) in [4.78, 5) is 2.46. The maximum Gasteiger partial charge on any atom is 0.0795 e. The molecule has 0 aromatic carbocycles. The Bertz CT molecular complexity index is 299. The molecule has 3 aliphatic heterocycles. The number of nitrogens with zero attached hydrogens (tertiary/aromatic N) is 1. The van der Waals surface area contributed by atoms with E-state index < -0.39 is 0 Å². The standard InChI is InChI=1S/C16H30N2OS/c1-18-8-3-14(4-9-18)2-7-17-15-5-10-19-16(12-15)6-11-20-13-16/h14-15,17H,2-13H2,1H3. The van der Waals surface area contributed by atoms with Gasteiger partial charge in [0.15, 0.2) is 0 Å². The second-order valence-electron chi connectivity index (χ2n) is 7.01. The quantitative estimate of drug-likeness (QED) is 0.861. The summed E-state index contributed by atoms with van der Waals surface area (Å²) in [6.45, 7) is 4.76. The van der Waals surface area contributed by atoms with E-state index in [0.717, 1.165) is 12.5 Å². The van der Waals surface area contributed by atoms with E-state index in [4.69, 9.17) is 4.74 Å². The number of rotatable bonds is 4. The molecule has 2 unspecified atom stereocenters. The third-order valence-corrected chi connectivity index (χ3v) is 6.61. The molecule has 3 fully saturated rings. The molecule has 3 aliphatic rings. The minimum atomic E-state index is 0.230. The molecule has 4 heteroatoms. The molecular formula is C16H30N2OS. The van der Waals surface area contributed by atoms with E-state index in [0.29, 0.717) is 6.04 Å². The monoisotopic (exact) mass is 298 g/mol. The molecule has 0 bridgehead atoms. The minimum absolute atomic E-state index is 0.230. The molecule has 0 amide bonds. The molecule has 0 saturated carbocycles. The lowest BCUT2D eigenvalue weighted by Crippen LogP contribution is -2.47. The first-order valence-corrected chi connectivity index (χ1v) is 9.55.